The van der Waals surface area contributed by atoms with Gasteiger partial charge in [-0.25, -0.2) is 0 Å². The summed E-state index contributed by atoms with van der Waals surface area (Å²) in [6, 6.07) is 10.4. The molecule has 0 atom stereocenters. The average Bonchev–Trinajstić information content (AvgIpc) is 2.45. The Labute approximate surface area is 124 Å². The van der Waals surface area contributed by atoms with Crippen LogP contribution in [0.5, 0.6) is 0 Å². The van der Waals surface area contributed by atoms with Gasteiger partial charge in [-0.2, -0.15) is 13.2 Å². The molecular weight excluding hydrogens is 297 g/mol. The topological polar surface area (TPSA) is 55.2 Å². The highest BCUT2D eigenvalue weighted by atomic mass is 19.4. The minimum atomic E-state index is -4.77. The summed E-state index contributed by atoms with van der Waals surface area (Å²) < 4.78 is 38.6. The molecule has 0 saturated carbocycles. The molecule has 0 spiro atoms. The van der Waals surface area contributed by atoms with Gasteiger partial charge in [0.25, 0.3) is 5.69 Å². The van der Waals surface area contributed by atoms with E-state index in [1.807, 2.05) is 31.2 Å². The summed E-state index contributed by atoms with van der Waals surface area (Å²) in [7, 11) is 0. The number of anilines is 1. The molecule has 0 bridgehead atoms. The summed E-state index contributed by atoms with van der Waals surface area (Å²) in [5, 5.41) is 13.5. The van der Waals surface area contributed by atoms with Gasteiger partial charge in [-0.1, -0.05) is 29.8 Å². The van der Waals surface area contributed by atoms with Gasteiger partial charge in [-0.15, -0.1) is 0 Å². The molecule has 0 saturated heterocycles. The summed E-state index contributed by atoms with van der Waals surface area (Å²) in [6.07, 6.45) is -4.77. The largest absolute Gasteiger partial charge is 0.423 e. The second-order valence-electron chi connectivity index (χ2n) is 4.83. The summed E-state index contributed by atoms with van der Waals surface area (Å²) in [5.41, 5.74) is -0.0470. The first kappa shape index (κ1) is 15.8. The van der Waals surface area contributed by atoms with E-state index in [0.29, 0.717) is 6.54 Å². The maximum absolute atomic E-state index is 12.9. The van der Waals surface area contributed by atoms with E-state index >= 15 is 0 Å². The van der Waals surface area contributed by atoms with Crippen LogP contribution in [0.1, 0.15) is 16.7 Å². The van der Waals surface area contributed by atoms with Crippen LogP contribution < -0.4 is 5.32 Å². The number of nitro groups is 1. The van der Waals surface area contributed by atoms with Crippen LogP contribution in [0.25, 0.3) is 0 Å². The third kappa shape index (κ3) is 3.75. The van der Waals surface area contributed by atoms with E-state index in [2.05, 4.69) is 5.32 Å². The van der Waals surface area contributed by atoms with Crippen molar-refractivity contribution in [2.45, 2.75) is 19.6 Å². The molecule has 7 heteroatoms. The third-order valence-electron chi connectivity index (χ3n) is 3.12. The van der Waals surface area contributed by atoms with Crippen LogP contribution >= 0.6 is 0 Å². The zero-order chi connectivity index (χ0) is 16.3. The molecule has 0 aliphatic rings. The summed E-state index contributed by atoms with van der Waals surface area (Å²) in [6.45, 7) is 2.26. The number of benzene rings is 2. The maximum atomic E-state index is 12.9. The highest BCUT2D eigenvalue weighted by molar-refractivity contribution is 5.55. The minimum absolute atomic E-state index is 0.179. The van der Waals surface area contributed by atoms with Crippen molar-refractivity contribution in [2.24, 2.45) is 0 Å². The molecule has 2 aromatic rings. The van der Waals surface area contributed by atoms with Gasteiger partial charge in [0.2, 0.25) is 0 Å². The second-order valence-corrected chi connectivity index (χ2v) is 4.83. The third-order valence-corrected chi connectivity index (χ3v) is 3.12. The number of nitrogens with one attached hydrogen (secondary N) is 1. The zero-order valence-electron chi connectivity index (χ0n) is 11.6. The van der Waals surface area contributed by atoms with Crippen molar-refractivity contribution >= 4 is 11.4 Å². The first-order valence-corrected chi connectivity index (χ1v) is 6.42. The Morgan fingerprint density at radius 2 is 1.77 bits per heavy atom. The lowest BCUT2D eigenvalue weighted by molar-refractivity contribution is -0.388. The van der Waals surface area contributed by atoms with Crippen molar-refractivity contribution in [1.29, 1.82) is 0 Å². The van der Waals surface area contributed by atoms with Crippen LogP contribution in [-0.4, -0.2) is 4.92 Å². The lowest BCUT2D eigenvalue weighted by Gasteiger charge is -2.11. The molecule has 0 aliphatic heterocycles. The van der Waals surface area contributed by atoms with Crippen molar-refractivity contribution in [3.63, 3.8) is 0 Å². The summed E-state index contributed by atoms with van der Waals surface area (Å²) in [4.78, 5) is 9.64. The van der Waals surface area contributed by atoms with E-state index in [0.717, 1.165) is 23.3 Å². The fourth-order valence-electron chi connectivity index (χ4n) is 1.94. The molecule has 0 amide bonds. The van der Waals surface area contributed by atoms with Crippen LogP contribution in [0.4, 0.5) is 24.5 Å². The van der Waals surface area contributed by atoms with Gasteiger partial charge < -0.3 is 5.32 Å². The number of aryl methyl sites for hydroxylation is 1. The number of hydrogen-bond donors (Lipinski definition) is 1. The molecule has 0 fully saturated rings. The Kier molecular flexibility index (Phi) is 4.35. The maximum Gasteiger partial charge on any atom is 0.423 e. The fraction of sp³-hybridized carbons (Fsp3) is 0.200. The smallest absolute Gasteiger partial charge is 0.381 e. The van der Waals surface area contributed by atoms with Crippen LogP contribution in [0.15, 0.2) is 42.5 Å². The van der Waals surface area contributed by atoms with Gasteiger partial charge in [0.15, 0.2) is 0 Å². The van der Waals surface area contributed by atoms with Crippen molar-refractivity contribution < 1.29 is 18.1 Å². The molecule has 4 nitrogen and oxygen atoms in total. The normalized spacial score (nSPS) is 11.3. The Bertz CT molecular complexity index is 682. The molecular formula is C15H13F3N2O2. The SMILES string of the molecule is Cc1ccc(CNc2ccc([N+](=O)[O-])c(C(F)(F)F)c2)cc1. The number of halogens is 3. The summed E-state index contributed by atoms with van der Waals surface area (Å²) >= 11 is 0. The first-order valence-electron chi connectivity index (χ1n) is 6.42. The van der Waals surface area contributed by atoms with Gasteiger partial charge in [0.1, 0.15) is 5.56 Å². The van der Waals surface area contributed by atoms with E-state index in [9.17, 15) is 23.3 Å². The predicted molar refractivity (Wildman–Crippen MR) is 76.6 cm³/mol. The number of nitro benzene ring substituents is 1. The second kappa shape index (κ2) is 6.05. The zero-order valence-corrected chi connectivity index (χ0v) is 11.6. The van der Waals surface area contributed by atoms with Crippen molar-refractivity contribution in [1.82, 2.24) is 0 Å². The quantitative estimate of drug-likeness (QED) is 0.666. The van der Waals surface area contributed by atoms with E-state index in [1.54, 1.807) is 0 Å². The van der Waals surface area contributed by atoms with E-state index < -0.39 is 22.4 Å². The molecule has 1 N–H and O–H groups in total. The molecule has 22 heavy (non-hydrogen) atoms. The van der Waals surface area contributed by atoms with Crippen LogP contribution in [0.2, 0.25) is 0 Å². The highest BCUT2D eigenvalue weighted by Crippen LogP contribution is 2.37. The van der Waals surface area contributed by atoms with Crippen molar-refractivity contribution in [3.05, 3.63) is 69.3 Å². The van der Waals surface area contributed by atoms with E-state index in [1.165, 1.54) is 6.07 Å². The van der Waals surface area contributed by atoms with Crippen LogP contribution in [0, 0.1) is 17.0 Å². The Hall–Kier alpha value is -2.57. The van der Waals surface area contributed by atoms with Crippen molar-refractivity contribution in [3.8, 4) is 0 Å². The van der Waals surface area contributed by atoms with E-state index in [-0.39, 0.29) is 5.69 Å². The predicted octanol–water partition coefficient (Wildman–Crippen LogP) is 4.53. The molecule has 0 unspecified atom stereocenters. The first-order chi connectivity index (χ1) is 10.3. The highest BCUT2D eigenvalue weighted by Gasteiger charge is 2.38. The van der Waals surface area contributed by atoms with Crippen LogP contribution in [0.3, 0.4) is 0 Å². The molecule has 0 aliphatic carbocycles. The van der Waals surface area contributed by atoms with Crippen LogP contribution in [-0.2, 0) is 12.7 Å². The lowest BCUT2D eigenvalue weighted by Crippen LogP contribution is -2.10. The molecule has 2 rings (SSSR count). The van der Waals surface area contributed by atoms with Gasteiger partial charge in [-0.3, -0.25) is 10.1 Å². The average molecular weight is 310 g/mol. The molecule has 0 radical (unpaired) electrons. The molecule has 116 valence electrons. The molecule has 2 aromatic carbocycles. The number of hydrogen-bond acceptors (Lipinski definition) is 3. The number of nitrogens with zero attached hydrogens (tertiary/aromatic N) is 1. The van der Waals surface area contributed by atoms with Gasteiger partial charge in [0.05, 0.1) is 4.92 Å². The monoisotopic (exact) mass is 310 g/mol. The minimum Gasteiger partial charge on any atom is -0.381 e. The Morgan fingerprint density at radius 1 is 1.14 bits per heavy atom. The molecule has 0 heterocycles. The summed E-state index contributed by atoms with van der Waals surface area (Å²) in [5.74, 6) is 0. The standard InChI is InChI=1S/C15H13F3N2O2/c1-10-2-4-11(5-3-10)9-19-12-6-7-14(20(21)22)13(8-12)15(16,17)18/h2-8,19H,9H2,1H3. The number of alkyl halides is 3. The van der Waals surface area contributed by atoms with Gasteiger partial charge in [0, 0.05) is 18.3 Å². The number of rotatable bonds is 4. The van der Waals surface area contributed by atoms with Crippen molar-refractivity contribution in [2.75, 3.05) is 5.32 Å². The fourth-order valence-corrected chi connectivity index (χ4v) is 1.94. The van der Waals surface area contributed by atoms with Gasteiger partial charge >= 0.3 is 6.18 Å². The van der Waals surface area contributed by atoms with Gasteiger partial charge in [-0.05, 0) is 24.6 Å². The lowest BCUT2D eigenvalue weighted by atomic mass is 10.1. The Morgan fingerprint density at radius 3 is 2.32 bits per heavy atom. The van der Waals surface area contributed by atoms with E-state index in [4.69, 9.17) is 0 Å². The Balaban J connectivity index is 2.21. The molecule has 0 aromatic heterocycles.